The van der Waals surface area contributed by atoms with E-state index in [2.05, 4.69) is 27.9 Å². The van der Waals surface area contributed by atoms with Crippen LogP contribution in [0.4, 0.5) is 0 Å². The molecule has 0 spiro atoms. The quantitative estimate of drug-likeness (QED) is 0.941. The van der Waals surface area contributed by atoms with Crippen LogP contribution in [0.1, 0.15) is 43.4 Å². The average Bonchev–Trinajstić information content (AvgIpc) is 3.00. The molecule has 2 atom stereocenters. The smallest absolute Gasteiger partial charge is 0.137 e. The van der Waals surface area contributed by atoms with E-state index in [1.165, 1.54) is 0 Å². The molecule has 1 fully saturated rings. The van der Waals surface area contributed by atoms with Gasteiger partial charge in [-0.15, -0.1) is 0 Å². The van der Waals surface area contributed by atoms with E-state index in [4.69, 9.17) is 0 Å². The highest BCUT2D eigenvalue weighted by Gasteiger charge is 2.30. The second kappa shape index (κ2) is 6.58. The molecule has 3 heterocycles. The molecular formula is C17H24N4O. The summed E-state index contributed by atoms with van der Waals surface area (Å²) in [5.74, 6) is 1.06. The number of likely N-dealkylation sites (tertiary alicyclic amines) is 1. The summed E-state index contributed by atoms with van der Waals surface area (Å²) >= 11 is 0. The van der Waals surface area contributed by atoms with Crippen LogP contribution in [0.15, 0.2) is 36.8 Å². The van der Waals surface area contributed by atoms with Crippen LogP contribution in [0.5, 0.6) is 0 Å². The molecule has 22 heavy (non-hydrogen) atoms. The number of nitrogens with zero attached hydrogens (tertiary/aromatic N) is 4. The molecule has 0 amide bonds. The van der Waals surface area contributed by atoms with E-state index in [0.29, 0.717) is 6.04 Å². The summed E-state index contributed by atoms with van der Waals surface area (Å²) in [5.41, 5.74) is 1.12. The standard InChI is InChI=1S/C17H24N4O/c1-13(15-5-3-4-8-18-15)21-10-6-14(7-11-21)16(22)17-19-9-12-20(17)2/h3-5,8-9,12-14,16,22H,6-7,10-11H2,1-2H3/t13-,16-/m1/s1. The van der Waals surface area contributed by atoms with Gasteiger partial charge in [-0.25, -0.2) is 4.98 Å². The minimum Gasteiger partial charge on any atom is -0.385 e. The molecule has 0 bridgehead atoms. The average molecular weight is 300 g/mol. The second-order valence-corrected chi connectivity index (χ2v) is 6.15. The highest BCUT2D eigenvalue weighted by atomic mass is 16.3. The summed E-state index contributed by atoms with van der Waals surface area (Å²) in [6.07, 6.45) is 7.00. The number of aliphatic hydroxyl groups is 1. The first kappa shape index (κ1) is 15.2. The van der Waals surface area contributed by atoms with Crippen LogP contribution in [0.3, 0.4) is 0 Å². The zero-order chi connectivity index (χ0) is 15.5. The van der Waals surface area contributed by atoms with Crippen LogP contribution in [0.25, 0.3) is 0 Å². The molecule has 0 saturated carbocycles. The van der Waals surface area contributed by atoms with Gasteiger partial charge in [0.25, 0.3) is 0 Å². The van der Waals surface area contributed by atoms with Gasteiger partial charge in [-0.1, -0.05) is 6.07 Å². The zero-order valence-electron chi connectivity index (χ0n) is 13.3. The van der Waals surface area contributed by atoms with E-state index in [1.807, 2.05) is 36.1 Å². The van der Waals surface area contributed by atoms with E-state index in [0.717, 1.165) is 37.4 Å². The summed E-state index contributed by atoms with van der Waals surface area (Å²) in [4.78, 5) is 11.2. The van der Waals surface area contributed by atoms with E-state index < -0.39 is 6.10 Å². The first-order valence-corrected chi connectivity index (χ1v) is 7.97. The number of hydrogen-bond donors (Lipinski definition) is 1. The molecule has 0 aliphatic carbocycles. The van der Waals surface area contributed by atoms with Crippen LogP contribution in [-0.2, 0) is 7.05 Å². The Bertz CT molecular complexity index is 590. The Morgan fingerprint density at radius 2 is 1.95 bits per heavy atom. The van der Waals surface area contributed by atoms with Gasteiger partial charge in [0.1, 0.15) is 11.9 Å². The lowest BCUT2D eigenvalue weighted by Crippen LogP contribution is -2.37. The fraction of sp³-hybridized carbons (Fsp3) is 0.529. The predicted octanol–water partition coefficient (Wildman–Crippen LogP) is 2.32. The van der Waals surface area contributed by atoms with Crippen molar-refractivity contribution >= 4 is 0 Å². The van der Waals surface area contributed by atoms with Crippen molar-refractivity contribution in [3.8, 4) is 0 Å². The van der Waals surface area contributed by atoms with Crippen LogP contribution >= 0.6 is 0 Å². The van der Waals surface area contributed by atoms with Gasteiger partial charge in [-0.05, 0) is 50.9 Å². The van der Waals surface area contributed by atoms with Gasteiger partial charge in [0.2, 0.25) is 0 Å². The number of aryl methyl sites for hydroxylation is 1. The first-order chi connectivity index (χ1) is 10.7. The summed E-state index contributed by atoms with van der Waals surface area (Å²) < 4.78 is 1.91. The number of hydrogen-bond acceptors (Lipinski definition) is 4. The fourth-order valence-electron chi connectivity index (χ4n) is 3.31. The highest BCUT2D eigenvalue weighted by Crippen LogP contribution is 2.32. The topological polar surface area (TPSA) is 54.2 Å². The Hall–Kier alpha value is -1.72. The van der Waals surface area contributed by atoms with Crippen LogP contribution in [0.2, 0.25) is 0 Å². The van der Waals surface area contributed by atoms with Crippen LogP contribution < -0.4 is 0 Å². The fourth-order valence-corrected chi connectivity index (χ4v) is 3.31. The molecule has 1 aliphatic heterocycles. The molecule has 3 rings (SSSR count). The molecule has 1 N–H and O–H groups in total. The van der Waals surface area contributed by atoms with Crippen molar-refractivity contribution in [2.75, 3.05) is 13.1 Å². The van der Waals surface area contributed by atoms with Gasteiger partial charge in [-0.2, -0.15) is 0 Å². The maximum absolute atomic E-state index is 10.5. The van der Waals surface area contributed by atoms with Gasteiger partial charge in [0.05, 0.1) is 5.69 Å². The van der Waals surface area contributed by atoms with Crippen molar-refractivity contribution in [3.05, 3.63) is 48.3 Å². The van der Waals surface area contributed by atoms with E-state index in [-0.39, 0.29) is 5.92 Å². The molecule has 0 unspecified atom stereocenters. The molecule has 5 heteroatoms. The number of imidazole rings is 1. The highest BCUT2D eigenvalue weighted by molar-refractivity contribution is 5.08. The Labute approximate surface area is 131 Å². The third-order valence-electron chi connectivity index (χ3n) is 4.81. The summed E-state index contributed by atoms with van der Waals surface area (Å²) in [6, 6.07) is 6.40. The third kappa shape index (κ3) is 3.05. The number of aromatic nitrogens is 3. The monoisotopic (exact) mass is 300 g/mol. The van der Waals surface area contributed by atoms with Crippen molar-refractivity contribution in [2.45, 2.75) is 31.9 Å². The molecular weight excluding hydrogens is 276 g/mol. The second-order valence-electron chi connectivity index (χ2n) is 6.15. The summed E-state index contributed by atoms with van der Waals surface area (Å²) in [5, 5.41) is 10.5. The molecule has 2 aromatic rings. The molecule has 0 radical (unpaired) electrons. The van der Waals surface area contributed by atoms with Crippen LogP contribution in [0, 0.1) is 5.92 Å². The number of pyridine rings is 1. The van der Waals surface area contributed by atoms with Gasteiger partial charge >= 0.3 is 0 Å². The maximum Gasteiger partial charge on any atom is 0.137 e. The third-order valence-corrected chi connectivity index (χ3v) is 4.81. The molecule has 5 nitrogen and oxygen atoms in total. The van der Waals surface area contributed by atoms with E-state index in [1.54, 1.807) is 6.20 Å². The van der Waals surface area contributed by atoms with E-state index in [9.17, 15) is 5.11 Å². The molecule has 1 saturated heterocycles. The molecule has 0 aromatic carbocycles. The van der Waals surface area contributed by atoms with E-state index >= 15 is 0 Å². The molecule has 118 valence electrons. The van der Waals surface area contributed by atoms with Crippen molar-refractivity contribution in [1.82, 2.24) is 19.4 Å². The van der Waals surface area contributed by atoms with Gasteiger partial charge in [0.15, 0.2) is 0 Å². The first-order valence-electron chi connectivity index (χ1n) is 7.97. The van der Waals surface area contributed by atoms with Crippen molar-refractivity contribution in [1.29, 1.82) is 0 Å². The SMILES string of the molecule is C[C@H](c1ccccn1)N1CCC([C@@H](O)c2nccn2C)CC1. The van der Waals surface area contributed by atoms with Gasteiger partial charge < -0.3 is 9.67 Å². The van der Waals surface area contributed by atoms with Crippen molar-refractivity contribution in [2.24, 2.45) is 13.0 Å². The predicted molar refractivity (Wildman–Crippen MR) is 85.1 cm³/mol. The maximum atomic E-state index is 10.5. The lowest BCUT2D eigenvalue weighted by Gasteiger charge is -2.37. The number of rotatable bonds is 4. The lowest BCUT2D eigenvalue weighted by molar-refractivity contribution is 0.0400. The number of aliphatic hydroxyl groups excluding tert-OH is 1. The summed E-state index contributed by atoms with van der Waals surface area (Å²) in [7, 11) is 1.93. The Kier molecular flexibility index (Phi) is 4.55. The zero-order valence-corrected chi connectivity index (χ0v) is 13.3. The minimum absolute atomic E-state index is 0.285. The number of piperidine rings is 1. The summed E-state index contributed by atoms with van der Waals surface area (Å²) in [6.45, 7) is 4.19. The Morgan fingerprint density at radius 1 is 1.18 bits per heavy atom. The minimum atomic E-state index is -0.465. The molecule has 1 aliphatic rings. The van der Waals surface area contributed by atoms with Gasteiger partial charge in [0, 0.05) is 31.7 Å². The van der Waals surface area contributed by atoms with Crippen molar-refractivity contribution in [3.63, 3.8) is 0 Å². The van der Waals surface area contributed by atoms with Crippen molar-refractivity contribution < 1.29 is 5.11 Å². The Balaban J connectivity index is 1.60. The lowest BCUT2D eigenvalue weighted by atomic mass is 9.90. The normalized spacial score (nSPS) is 20.0. The Morgan fingerprint density at radius 3 is 2.55 bits per heavy atom. The van der Waals surface area contributed by atoms with Crippen LogP contribution in [-0.4, -0.2) is 37.6 Å². The molecule has 2 aromatic heterocycles. The largest absolute Gasteiger partial charge is 0.385 e. The van der Waals surface area contributed by atoms with Gasteiger partial charge in [-0.3, -0.25) is 9.88 Å².